The molecule has 3 rings (SSSR count). The summed E-state index contributed by atoms with van der Waals surface area (Å²) in [5, 5.41) is 3.22. The Labute approximate surface area is 120 Å². The molecule has 1 heterocycles. The second-order valence-electron chi connectivity index (χ2n) is 5.46. The van der Waals surface area contributed by atoms with Crippen LogP contribution in [0, 0.1) is 0 Å². The molecule has 2 aromatic carbocycles. The maximum atomic E-state index is 5.56. The van der Waals surface area contributed by atoms with Crippen molar-refractivity contribution in [1.29, 1.82) is 0 Å². The van der Waals surface area contributed by atoms with Gasteiger partial charge >= 0.3 is 0 Å². The van der Waals surface area contributed by atoms with Crippen LogP contribution in [0.1, 0.15) is 23.6 Å². The molecule has 20 heavy (non-hydrogen) atoms. The highest BCUT2D eigenvalue weighted by Gasteiger charge is 2.42. The number of ether oxygens (including phenoxy) is 1. The van der Waals surface area contributed by atoms with Crippen molar-refractivity contribution in [2.24, 2.45) is 0 Å². The molecule has 0 spiro atoms. The maximum absolute atomic E-state index is 5.56. The van der Waals surface area contributed by atoms with Crippen LogP contribution in [0.15, 0.2) is 48.5 Å². The fourth-order valence-electron chi connectivity index (χ4n) is 2.84. The van der Waals surface area contributed by atoms with E-state index in [4.69, 9.17) is 4.74 Å². The molecule has 1 aliphatic heterocycles. The summed E-state index contributed by atoms with van der Waals surface area (Å²) in [5.74, 6) is 0. The zero-order valence-electron chi connectivity index (χ0n) is 12.1. The zero-order chi connectivity index (χ0) is 14.0. The molecule has 0 saturated carbocycles. The van der Waals surface area contributed by atoms with Crippen molar-refractivity contribution in [1.82, 2.24) is 0 Å². The van der Waals surface area contributed by atoms with Crippen molar-refractivity contribution in [3.63, 3.8) is 0 Å². The molecule has 1 fully saturated rings. The first-order valence-corrected chi connectivity index (χ1v) is 7.24. The summed E-state index contributed by atoms with van der Waals surface area (Å²) in [4.78, 5) is 0. The summed E-state index contributed by atoms with van der Waals surface area (Å²) >= 11 is 0. The van der Waals surface area contributed by atoms with Crippen molar-refractivity contribution in [3.05, 3.63) is 65.2 Å². The standard InChI is InChI=1S/C18H21NO/c1-3-14-7-9-15(10-8-14)18(12-20-13-18)16-5-4-6-17(11-16)19-2/h4-11,19H,3,12-13H2,1-2H3. The molecule has 0 unspecified atom stereocenters. The van der Waals surface area contributed by atoms with Gasteiger partial charge in [-0.1, -0.05) is 43.3 Å². The van der Waals surface area contributed by atoms with Gasteiger partial charge in [0, 0.05) is 12.7 Å². The number of benzene rings is 2. The largest absolute Gasteiger partial charge is 0.388 e. The second kappa shape index (κ2) is 5.29. The third kappa shape index (κ3) is 2.10. The van der Waals surface area contributed by atoms with Crippen LogP contribution in [0.5, 0.6) is 0 Å². The highest BCUT2D eigenvalue weighted by molar-refractivity contribution is 5.51. The normalized spacial score (nSPS) is 16.5. The number of hydrogen-bond donors (Lipinski definition) is 1. The summed E-state index contributed by atoms with van der Waals surface area (Å²) in [7, 11) is 1.96. The van der Waals surface area contributed by atoms with Crippen LogP contribution in [0.4, 0.5) is 5.69 Å². The van der Waals surface area contributed by atoms with Crippen LogP contribution in [0.2, 0.25) is 0 Å². The van der Waals surface area contributed by atoms with Gasteiger partial charge < -0.3 is 10.1 Å². The van der Waals surface area contributed by atoms with Gasteiger partial charge in [-0.25, -0.2) is 0 Å². The summed E-state index contributed by atoms with van der Waals surface area (Å²) in [6.07, 6.45) is 1.08. The van der Waals surface area contributed by atoms with Crippen LogP contribution < -0.4 is 5.32 Å². The van der Waals surface area contributed by atoms with Crippen molar-refractivity contribution in [2.45, 2.75) is 18.8 Å². The van der Waals surface area contributed by atoms with E-state index >= 15 is 0 Å². The third-order valence-electron chi connectivity index (χ3n) is 4.32. The van der Waals surface area contributed by atoms with Gasteiger partial charge in [-0.15, -0.1) is 0 Å². The Morgan fingerprint density at radius 3 is 2.35 bits per heavy atom. The smallest absolute Gasteiger partial charge is 0.0670 e. The van der Waals surface area contributed by atoms with Gasteiger partial charge in [-0.2, -0.15) is 0 Å². The first-order valence-electron chi connectivity index (χ1n) is 7.24. The van der Waals surface area contributed by atoms with Gasteiger partial charge in [0.1, 0.15) is 0 Å². The van der Waals surface area contributed by atoms with Gasteiger partial charge in [0.05, 0.1) is 18.6 Å². The van der Waals surface area contributed by atoms with Gasteiger partial charge in [-0.05, 0) is 35.2 Å². The molecular formula is C18H21NO. The predicted octanol–water partition coefficient (Wildman–Crippen LogP) is 3.61. The Kier molecular flexibility index (Phi) is 3.49. The number of aryl methyl sites for hydroxylation is 1. The van der Waals surface area contributed by atoms with E-state index in [1.54, 1.807) is 0 Å². The minimum atomic E-state index is 0.0269. The van der Waals surface area contributed by atoms with E-state index in [1.165, 1.54) is 16.7 Å². The molecule has 2 aromatic rings. The fraction of sp³-hybridized carbons (Fsp3) is 0.333. The molecule has 1 saturated heterocycles. The molecule has 0 aromatic heterocycles. The van der Waals surface area contributed by atoms with E-state index in [0.717, 1.165) is 25.3 Å². The lowest BCUT2D eigenvalue weighted by molar-refractivity contribution is -0.0379. The molecule has 0 amide bonds. The lowest BCUT2D eigenvalue weighted by atomic mass is 9.72. The lowest BCUT2D eigenvalue weighted by Crippen LogP contribution is -2.47. The molecule has 0 atom stereocenters. The predicted molar refractivity (Wildman–Crippen MR) is 83.4 cm³/mol. The molecule has 1 aliphatic rings. The Balaban J connectivity index is 2.01. The summed E-state index contributed by atoms with van der Waals surface area (Å²) < 4.78 is 5.56. The van der Waals surface area contributed by atoms with Gasteiger partial charge in [-0.3, -0.25) is 0 Å². The minimum absolute atomic E-state index is 0.0269. The van der Waals surface area contributed by atoms with Crippen molar-refractivity contribution in [3.8, 4) is 0 Å². The Hall–Kier alpha value is -1.80. The van der Waals surface area contributed by atoms with Crippen LogP contribution in [-0.4, -0.2) is 20.3 Å². The van der Waals surface area contributed by atoms with E-state index in [0.29, 0.717) is 0 Å². The van der Waals surface area contributed by atoms with Crippen LogP contribution in [0.25, 0.3) is 0 Å². The Morgan fingerprint density at radius 2 is 1.80 bits per heavy atom. The van der Waals surface area contributed by atoms with E-state index in [1.807, 2.05) is 7.05 Å². The molecule has 2 heteroatoms. The summed E-state index contributed by atoms with van der Waals surface area (Å²) in [6, 6.07) is 17.6. The zero-order valence-corrected chi connectivity index (χ0v) is 12.1. The molecular weight excluding hydrogens is 246 g/mol. The Morgan fingerprint density at radius 1 is 1.05 bits per heavy atom. The number of hydrogen-bond acceptors (Lipinski definition) is 2. The highest BCUT2D eigenvalue weighted by Crippen LogP contribution is 2.40. The van der Waals surface area contributed by atoms with Crippen LogP contribution in [-0.2, 0) is 16.6 Å². The highest BCUT2D eigenvalue weighted by atomic mass is 16.5. The van der Waals surface area contributed by atoms with E-state index in [9.17, 15) is 0 Å². The molecule has 104 valence electrons. The van der Waals surface area contributed by atoms with E-state index < -0.39 is 0 Å². The molecule has 1 N–H and O–H groups in total. The van der Waals surface area contributed by atoms with Gasteiger partial charge in [0.2, 0.25) is 0 Å². The van der Waals surface area contributed by atoms with Gasteiger partial charge in [0.15, 0.2) is 0 Å². The monoisotopic (exact) mass is 267 g/mol. The molecule has 0 bridgehead atoms. The number of anilines is 1. The number of nitrogens with one attached hydrogen (secondary N) is 1. The Bertz CT molecular complexity index is 585. The summed E-state index contributed by atoms with van der Waals surface area (Å²) in [6.45, 7) is 3.73. The fourth-order valence-corrected chi connectivity index (χ4v) is 2.84. The average Bonchev–Trinajstić information content (AvgIpc) is 2.47. The van der Waals surface area contributed by atoms with Crippen molar-refractivity contribution >= 4 is 5.69 Å². The minimum Gasteiger partial charge on any atom is -0.388 e. The molecule has 0 aliphatic carbocycles. The lowest BCUT2D eigenvalue weighted by Gasteiger charge is -2.42. The molecule has 0 radical (unpaired) electrons. The maximum Gasteiger partial charge on any atom is 0.0670 e. The first-order chi connectivity index (χ1) is 9.78. The van der Waals surface area contributed by atoms with Crippen molar-refractivity contribution in [2.75, 3.05) is 25.6 Å². The first kappa shape index (κ1) is 13.2. The quantitative estimate of drug-likeness (QED) is 0.913. The van der Waals surface area contributed by atoms with E-state index in [-0.39, 0.29) is 5.41 Å². The number of rotatable bonds is 4. The topological polar surface area (TPSA) is 21.3 Å². The van der Waals surface area contributed by atoms with E-state index in [2.05, 4.69) is 60.8 Å². The molecule has 2 nitrogen and oxygen atoms in total. The van der Waals surface area contributed by atoms with Gasteiger partial charge in [0.25, 0.3) is 0 Å². The SMILES string of the molecule is CCc1ccc(C2(c3cccc(NC)c3)COC2)cc1. The summed E-state index contributed by atoms with van der Waals surface area (Å²) in [5.41, 5.74) is 5.25. The van der Waals surface area contributed by atoms with Crippen molar-refractivity contribution < 1.29 is 4.74 Å². The average molecular weight is 267 g/mol. The second-order valence-corrected chi connectivity index (χ2v) is 5.46. The third-order valence-corrected chi connectivity index (χ3v) is 4.32. The van der Waals surface area contributed by atoms with Crippen LogP contribution in [0.3, 0.4) is 0 Å². The van der Waals surface area contributed by atoms with Crippen LogP contribution >= 0.6 is 0 Å².